The van der Waals surface area contributed by atoms with Crippen LogP contribution < -0.4 is 0 Å². The van der Waals surface area contributed by atoms with Crippen LogP contribution in [0.25, 0.3) is 10.7 Å². The van der Waals surface area contributed by atoms with Gasteiger partial charge in [-0.15, -0.1) is 11.3 Å². The Morgan fingerprint density at radius 3 is 3.08 bits per heavy atom. The molecule has 0 bridgehead atoms. The van der Waals surface area contributed by atoms with Crippen molar-refractivity contribution in [3.8, 4) is 10.7 Å². The van der Waals surface area contributed by atoms with Crippen LogP contribution in [0.1, 0.15) is 6.92 Å². The molecule has 0 aliphatic rings. The molecule has 2 aromatic rings. The number of imidazole rings is 1. The maximum atomic E-state index is 4.36. The highest BCUT2D eigenvalue weighted by molar-refractivity contribution is 9.10. The molecular weight excluding hydrogens is 248 g/mol. The fraction of sp³-hybridized carbons (Fsp3) is 0.222. The summed E-state index contributed by atoms with van der Waals surface area (Å²) in [5, 5.41) is 2.07. The van der Waals surface area contributed by atoms with Gasteiger partial charge in [-0.1, -0.05) is 6.07 Å². The van der Waals surface area contributed by atoms with Gasteiger partial charge in [0.1, 0.15) is 4.60 Å². The van der Waals surface area contributed by atoms with Crippen LogP contribution in [0.5, 0.6) is 0 Å². The summed E-state index contributed by atoms with van der Waals surface area (Å²) in [5.74, 6) is 1.05. The quantitative estimate of drug-likeness (QED) is 0.806. The summed E-state index contributed by atoms with van der Waals surface area (Å²) < 4.78 is 3.18. The highest BCUT2D eigenvalue weighted by Gasteiger charge is 2.08. The van der Waals surface area contributed by atoms with Gasteiger partial charge < -0.3 is 4.57 Å². The molecule has 68 valence electrons. The number of aromatic nitrogens is 2. The predicted molar refractivity (Wildman–Crippen MR) is 58.9 cm³/mol. The Bertz CT molecular complexity index is 392. The molecule has 2 rings (SSSR count). The zero-order valence-electron chi connectivity index (χ0n) is 7.20. The largest absolute Gasteiger partial charge is 0.318 e. The number of hydrogen-bond acceptors (Lipinski definition) is 2. The fourth-order valence-electron chi connectivity index (χ4n) is 1.26. The van der Waals surface area contributed by atoms with Gasteiger partial charge in [0.25, 0.3) is 0 Å². The van der Waals surface area contributed by atoms with Crippen molar-refractivity contribution in [1.82, 2.24) is 9.55 Å². The van der Waals surface area contributed by atoms with E-state index in [1.54, 1.807) is 11.3 Å². The Kier molecular flexibility index (Phi) is 2.51. The van der Waals surface area contributed by atoms with Crippen molar-refractivity contribution in [3.63, 3.8) is 0 Å². The molecule has 0 spiro atoms. The molecule has 0 aliphatic heterocycles. The molecule has 0 amide bonds. The molecule has 2 heterocycles. The molecule has 2 nitrogen and oxygen atoms in total. The first kappa shape index (κ1) is 8.97. The third-order valence-corrected chi connectivity index (χ3v) is 3.36. The summed E-state index contributed by atoms with van der Waals surface area (Å²) >= 11 is 5.18. The fourth-order valence-corrected chi connectivity index (χ4v) is 2.51. The maximum absolute atomic E-state index is 4.36. The smallest absolute Gasteiger partial charge is 0.150 e. The number of rotatable bonds is 2. The summed E-state index contributed by atoms with van der Waals surface area (Å²) in [6, 6.07) is 4.13. The van der Waals surface area contributed by atoms with E-state index in [-0.39, 0.29) is 0 Å². The van der Waals surface area contributed by atoms with Crippen LogP contribution >= 0.6 is 27.3 Å². The molecule has 0 saturated heterocycles. The van der Waals surface area contributed by atoms with Crippen LogP contribution in [-0.4, -0.2) is 9.55 Å². The summed E-state index contributed by atoms with van der Waals surface area (Å²) in [6.07, 6.45) is 1.85. The minimum atomic E-state index is 0.938. The molecule has 0 atom stereocenters. The molecule has 13 heavy (non-hydrogen) atoms. The van der Waals surface area contributed by atoms with Crippen LogP contribution in [-0.2, 0) is 6.54 Å². The van der Waals surface area contributed by atoms with E-state index in [1.165, 1.54) is 4.88 Å². The van der Waals surface area contributed by atoms with Gasteiger partial charge in [-0.2, -0.15) is 0 Å². The summed E-state index contributed by atoms with van der Waals surface area (Å²) in [5.41, 5.74) is 0. The summed E-state index contributed by atoms with van der Waals surface area (Å²) in [6.45, 7) is 3.05. The van der Waals surface area contributed by atoms with E-state index in [2.05, 4.69) is 43.9 Å². The van der Waals surface area contributed by atoms with Gasteiger partial charge in [-0.05, 0) is 34.3 Å². The first-order chi connectivity index (χ1) is 6.33. The zero-order chi connectivity index (χ0) is 9.26. The Labute approximate surface area is 89.4 Å². The minimum absolute atomic E-state index is 0.938. The molecule has 2 aromatic heterocycles. The van der Waals surface area contributed by atoms with E-state index < -0.39 is 0 Å². The van der Waals surface area contributed by atoms with E-state index in [1.807, 2.05) is 12.3 Å². The van der Waals surface area contributed by atoms with Crippen LogP contribution in [0.4, 0.5) is 0 Å². The van der Waals surface area contributed by atoms with E-state index in [0.717, 1.165) is 17.0 Å². The van der Waals surface area contributed by atoms with Crippen LogP contribution in [0.3, 0.4) is 0 Å². The molecular formula is C9H9BrN2S. The van der Waals surface area contributed by atoms with Gasteiger partial charge in [0.05, 0.1) is 11.1 Å². The van der Waals surface area contributed by atoms with Gasteiger partial charge in [0, 0.05) is 6.54 Å². The third-order valence-electron chi connectivity index (χ3n) is 1.86. The summed E-state index contributed by atoms with van der Waals surface area (Å²) in [4.78, 5) is 5.57. The van der Waals surface area contributed by atoms with Crippen molar-refractivity contribution in [2.75, 3.05) is 0 Å². The van der Waals surface area contributed by atoms with Crippen molar-refractivity contribution < 1.29 is 0 Å². The SMILES string of the molecule is CCn1c(Br)cnc1-c1cccs1. The van der Waals surface area contributed by atoms with Gasteiger partial charge >= 0.3 is 0 Å². The van der Waals surface area contributed by atoms with Crippen molar-refractivity contribution >= 4 is 27.3 Å². The topological polar surface area (TPSA) is 17.8 Å². The Morgan fingerprint density at radius 1 is 1.62 bits per heavy atom. The predicted octanol–water partition coefficient (Wildman–Crippen LogP) is 3.39. The lowest BCUT2D eigenvalue weighted by Crippen LogP contribution is -1.96. The summed E-state index contributed by atoms with van der Waals surface area (Å²) in [7, 11) is 0. The van der Waals surface area contributed by atoms with E-state index >= 15 is 0 Å². The van der Waals surface area contributed by atoms with Crippen molar-refractivity contribution in [2.45, 2.75) is 13.5 Å². The number of hydrogen-bond donors (Lipinski definition) is 0. The maximum Gasteiger partial charge on any atom is 0.150 e. The zero-order valence-corrected chi connectivity index (χ0v) is 9.60. The molecule has 0 unspecified atom stereocenters. The molecule has 0 aliphatic carbocycles. The highest BCUT2D eigenvalue weighted by atomic mass is 79.9. The molecule has 0 fully saturated rings. The molecule has 0 saturated carbocycles. The first-order valence-electron chi connectivity index (χ1n) is 4.08. The third kappa shape index (κ3) is 1.56. The van der Waals surface area contributed by atoms with Gasteiger partial charge in [0.15, 0.2) is 5.82 Å². The van der Waals surface area contributed by atoms with Crippen molar-refractivity contribution in [3.05, 3.63) is 28.3 Å². The molecule has 0 aromatic carbocycles. The van der Waals surface area contributed by atoms with Gasteiger partial charge in [-0.25, -0.2) is 4.98 Å². The monoisotopic (exact) mass is 256 g/mol. The van der Waals surface area contributed by atoms with Crippen LogP contribution in [0, 0.1) is 0 Å². The Balaban J connectivity index is 2.52. The molecule has 4 heteroatoms. The molecule has 0 N–H and O–H groups in total. The lowest BCUT2D eigenvalue weighted by Gasteiger charge is -2.03. The van der Waals surface area contributed by atoms with Crippen LogP contribution in [0.2, 0.25) is 0 Å². The van der Waals surface area contributed by atoms with E-state index in [4.69, 9.17) is 0 Å². The average Bonchev–Trinajstić information content (AvgIpc) is 2.71. The minimum Gasteiger partial charge on any atom is -0.318 e. The number of nitrogens with zero attached hydrogens (tertiary/aromatic N) is 2. The Hall–Kier alpha value is -0.610. The van der Waals surface area contributed by atoms with E-state index in [9.17, 15) is 0 Å². The second-order valence-electron chi connectivity index (χ2n) is 2.63. The average molecular weight is 257 g/mol. The number of halogens is 1. The van der Waals surface area contributed by atoms with Crippen molar-refractivity contribution in [2.24, 2.45) is 0 Å². The second-order valence-corrected chi connectivity index (χ2v) is 4.39. The lowest BCUT2D eigenvalue weighted by atomic mass is 10.4. The van der Waals surface area contributed by atoms with E-state index in [0.29, 0.717) is 0 Å². The Morgan fingerprint density at radius 2 is 2.46 bits per heavy atom. The number of thiophene rings is 1. The molecule has 0 radical (unpaired) electrons. The van der Waals surface area contributed by atoms with Gasteiger partial charge in [0.2, 0.25) is 0 Å². The first-order valence-corrected chi connectivity index (χ1v) is 5.75. The second kappa shape index (κ2) is 3.64. The lowest BCUT2D eigenvalue weighted by molar-refractivity contribution is 0.756. The normalized spacial score (nSPS) is 10.6. The van der Waals surface area contributed by atoms with Gasteiger partial charge in [-0.3, -0.25) is 0 Å². The standard InChI is InChI=1S/C9H9BrN2S/c1-2-12-8(10)6-11-9(12)7-4-3-5-13-7/h3-6H,2H2,1H3. The van der Waals surface area contributed by atoms with Crippen LogP contribution in [0.15, 0.2) is 28.3 Å². The van der Waals surface area contributed by atoms with Crippen molar-refractivity contribution in [1.29, 1.82) is 0 Å². The highest BCUT2D eigenvalue weighted by Crippen LogP contribution is 2.26.